The number of H-pyrrole nitrogens is 1. The summed E-state index contributed by atoms with van der Waals surface area (Å²) in [6, 6.07) is 25.8. The first-order valence-corrected chi connectivity index (χ1v) is 11.4. The van der Waals surface area contributed by atoms with Crippen LogP contribution in [-0.2, 0) is 13.1 Å². The predicted octanol–water partition coefficient (Wildman–Crippen LogP) is 5.63. The Kier molecular flexibility index (Phi) is 7.05. The molecule has 0 aliphatic heterocycles. The number of nitrogens with zero attached hydrogens (tertiary/aromatic N) is 1. The molecule has 0 bridgehead atoms. The van der Waals surface area contributed by atoms with Gasteiger partial charge in [-0.2, -0.15) is 0 Å². The molecule has 0 amide bonds. The van der Waals surface area contributed by atoms with E-state index in [9.17, 15) is 4.79 Å². The normalized spacial score (nSPS) is 10.7. The first-order valence-electron chi connectivity index (χ1n) is 11.0. The highest BCUT2D eigenvalue weighted by Crippen LogP contribution is 2.19. The number of hydrogen-bond acceptors (Lipinski definition) is 3. The van der Waals surface area contributed by atoms with Crippen LogP contribution in [0.25, 0.3) is 10.9 Å². The van der Waals surface area contributed by atoms with E-state index in [4.69, 9.17) is 17.0 Å². The molecule has 6 heteroatoms. The first-order chi connectivity index (χ1) is 16.0. The van der Waals surface area contributed by atoms with Crippen LogP contribution in [0, 0.1) is 6.92 Å². The second-order valence-corrected chi connectivity index (χ2v) is 8.33. The lowest BCUT2D eigenvalue weighted by molar-refractivity contribution is 0.340. The number of aromatic nitrogens is 1. The second kappa shape index (κ2) is 10.3. The Labute approximate surface area is 199 Å². The highest BCUT2D eigenvalue weighted by atomic mass is 32.1. The number of anilines is 1. The number of aromatic amines is 1. The Balaban J connectivity index is 1.60. The minimum absolute atomic E-state index is 0.103. The molecule has 33 heavy (non-hydrogen) atoms. The molecule has 0 radical (unpaired) electrons. The highest BCUT2D eigenvalue weighted by molar-refractivity contribution is 7.80. The maximum absolute atomic E-state index is 12.8. The summed E-state index contributed by atoms with van der Waals surface area (Å²) >= 11 is 5.77. The molecule has 1 heterocycles. The third kappa shape index (κ3) is 5.79. The van der Waals surface area contributed by atoms with Gasteiger partial charge in [-0.3, -0.25) is 4.79 Å². The van der Waals surface area contributed by atoms with E-state index < -0.39 is 0 Å². The lowest BCUT2D eigenvalue weighted by Crippen LogP contribution is -2.35. The average molecular weight is 458 g/mol. The standard InChI is InChI=1S/C27H27N3O2S/c1-3-32-24-12-10-23(11-13-24)28-27(33)30(17-20-7-5-4-6-8-20)18-22-16-21-15-19(2)9-14-25(21)29-26(22)31/h4-16H,3,17-18H2,1-2H3,(H,28,33)(H,29,31). The molecule has 3 aromatic carbocycles. The summed E-state index contributed by atoms with van der Waals surface area (Å²) in [5, 5.41) is 4.86. The van der Waals surface area contributed by atoms with Gasteiger partial charge in [-0.05, 0) is 79.5 Å². The molecule has 4 aromatic rings. The third-order valence-corrected chi connectivity index (χ3v) is 5.72. The maximum Gasteiger partial charge on any atom is 0.253 e. The van der Waals surface area contributed by atoms with E-state index in [1.165, 1.54) is 0 Å². The van der Waals surface area contributed by atoms with Crippen LogP contribution in [0.1, 0.15) is 23.6 Å². The van der Waals surface area contributed by atoms with Crippen LogP contribution in [0.2, 0.25) is 0 Å². The number of nitrogens with one attached hydrogen (secondary N) is 2. The van der Waals surface area contributed by atoms with Crippen molar-refractivity contribution in [3.63, 3.8) is 0 Å². The van der Waals surface area contributed by atoms with Crippen LogP contribution in [0.3, 0.4) is 0 Å². The molecule has 0 atom stereocenters. The van der Waals surface area contributed by atoms with Gasteiger partial charge in [0.1, 0.15) is 5.75 Å². The summed E-state index contributed by atoms with van der Waals surface area (Å²) in [5.41, 5.74) is 4.52. The second-order valence-electron chi connectivity index (χ2n) is 7.94. The number of thiocarbonyl (C=S) groups is 1. The largest absolute Gasteiger partial charge is 0.494 e. The van der Waals surface area contributed by atoms with Crippen LogP contribution >= 0.6 is 12.2 Å². The summed E-state index contributed by atoms with van der Waals surface area (Å²) in [4.78, 5) is 17.8. The van der Waals surface area contributed by atoms with E-state index in [0.717, 1.165) is 33.5 Å². The molecule has 0 aliphatic rings. The summed E-state index contributed by atoms with van der Waals surface area (Å²) in [6.45, 7) is 5.59. The SMILES string of the molecule is CCOc1ccc(NC(=S)N(Cc2ccccc2)Cc2cc3cc(C)ccc3[nH]c2=O)cc1. The Morgan fingerprint density at radius 3 is 2.48 bits per heavy atom. The topological polar surface area (TPSA) is 57.4 Å². The van der Waals surface area contributed by atoms with E-state index in [1.54, 1.807) is 0 Å². The quantitative estimate of drug-likeness (QED) is 0.352. The Morgan fingerprint density at radius 2 is 1.76 bits per heavy atom. The van der Waals surface area contributed by atoms with E-state index in [1.807, 2.05) is 79.4 Å². The van der Waals surface area contributed by atoms with Crippen molar-refractivity contribution < 1.29 is 4.74 Å². The van der Waals surface area contributed by atoms with Gasteiger partial charge in [0.15, 0.2) is 5.11 Å². The molecule has 0 spiro atoms. The fourth-order valence-corrected chi connectivity index (χ4v) is 3.95. The zero-order valence-corrected chi connectivity index (χ0v) is 19.6. The third-order valence-electron chi connectivity index (χ3n) is 5.36. The number of fused-ring (bicyclic) bond motifs is 1. The van der Waals surface area contributed by atoms with Gasteiger partial charge < -0.3 is 19.9 Å². The van der Waals surface area contributed by atoms with Gasteiger partial charge in [0.25, 0.3) is 5.56 Å². The monoisotopic (exact) mass is 457 g/mol. The molecule has 1 aromatic heterocycles. The van der Waals surface area contributed by atoms with Crippen molar-refractivity contribution in [2.75, 3.05) is 11.9 Å². The number of pyridine rings is 1. The molecular weight excluding hydrogens is 430 g/mol. The van der Waals surface area contributed by atoms with E-state index >= 15 is 0 Å². The van der Waals surface area contributed by atoms with Gasteiger partial charge in [-0.15, -0.1) is 0 Å². The molecule has 5 nitrogen and oxygen atoms in total. The zero-order valence-electron chi connectivity index (χ0n) is 18.8. The van der Waals surface area contributed by atoms with Crippen LogP contribution in [0.5, 0.6) is 5.75 Å². The van der Waals surface area contributed by atoms with Crippen molar-refractivity contribution >= 4 is 33.9 Å². The lowest BCUT2D eigenvalue weighted by atomic mass is 10.1. The minimum Gasteiger partial charge on any atom is -0.494 e. The number of aryl methyl sites for hydroxylation is 1. The summed E-state index contributed by atoms with van der Waals surface area (Å²) in [5.74, 6) is 0.813. The minimum atomic E-state index is -0.103. The van der Waals surface area contributed by atoms with Crippen molar-refractivity contribution in [2.24, 2.45) is 0 Å². The van der Waals surface area contributed by atoms with Gasteiger partial charge in [0.2, 0.25) is 0 Å². The number of benzene rings is 3. The van der Waals surface area contributed by atoms with Crippen molar-refractivity contribution in [3.8, 4) is 5.75 Å². The molecule has 0 fully saturated rings. The van der Waals surface area contributed by atoms with Gasteiger partial charge >= 0.3 is 0 Å². The highest BCUT2D eigenvalue weighted by Gasteiger charge is 2.15. The Morgan fingerprint density at radius 1 is 1.00 bits per heavy atom. The molecule has 0 unspecified atom stereocenters. The molecule has 0 aliphatic carbocycles. The number of hydrogen-bond donors (Lipinski definition) is 2. The fraction of sp³-hybridized carbons (Fsp3) is 0.185. The summed E-state index contributed by atoms with van der Waals surface area (Å²) in [7, 11) is 0. The Bertz CT molecular complexity index is 1300. The van der Waals surface area contributed by atoms with Crippen molar-refractivity contribution in [1.82, 2.24) is 9.88 Å². The molecule has 4 rings (SSSR count). The van der Waals surface area contributed by atoms with Gasteiger partial charge in [-0.25, -0.2) is 0 Å². The van der Waals surface area contributed by atoms with Gasteiger partial charge in [0.05, 0.1) is 13.2 Å². The van der Waals surface area contributed by atoms with Crippen LogP contribution in [-0.4, -0.2) is 21.6 Å². The fourth-order valence-electron chi connectivity index (χ4n) is 3.70. The number of rotatable bonds is 7. The van der Waals surface area contributed by atoms with E-state index in [-0.39, 0.29) is 5.56 Å². The van der Waals surface area contributed by atoms with Crippen molar-refractivity contribution in [1.29, 1.82) is 0 Å². The molecular formula is C27H27N3O2S. The zero-order chi connectivity index (χ0) is 23.2. The smallest absolute Gasteiger partial charge is 0.253 e. The van der Waals surface area contributed by atoms with Crippen LogP contribution in [0.4, 0.5) is 5.69 Å². The number of ether oxygens (including phenoxy) is 1. The molecule has 0 saturated heterocycles. The molecule has 2 N–H and O–H groups in total. The molecule has 168 valence electrons. The van der Waals surface area contributed by atoms with E-state index in [0.29, 0.717) is 30.4 Å². The average Bonchev–Trinajstić information content (AvgIpc) is 2.81. The Hall–Kier alpha value is -3.64. The summed E-state index contributed by atoms with van der Waals surface area (Å²) < 4.78 is 5.52. The maximum atomic E-state index is 12.8. The predicted molar refractivity (Wildman–Crippen MR) is 139 cm³/mol. The van der Waals surface area contributed by atoms with Crippen LogP contribution < -0.4 is 15.6 Å². The van der Waals surface area contributed by atoms with Gasteiger partial charge in [-0.1, -0.05) is 42.0 Å². The first kappa shape index (κ1) is 22.6. The summed E-state index contributed by atoms with van der Waals surface area (Å²) in [6.07, 6.45) is 0. The van der Waals surface area contributed by atoms with Gasteiger partial charge in [0, 0.05) is 23.3 Å². The van der Waals surface area contributed by atoms with Crippen LogP contribution in [0.15, 0.2) is 83.7 Å². The lowest BCUT2D eigenvalue weighted by Gasteiger charge is -2.26. The van der Waals surface area contributed by atoms with E-state index in [2.05, 4.69) is 28.5 Å². The van der Waals surface area contributed by atoms with Crippen molar-refractivity contribution in [2.45, 2.75) is 26.9 Å². The molecule has 0 saturated carbocycles. The van der Waals surface area contributed by atoms with Crippen molar-refractivity contribution in [3.05, 3.63) is 106 Å².